The van der Waals surface area contributed by atoms with Crippen molar-refractivity contribution in [2.75, 3.05) is 20.0 Å². The first-order valence-electron chi connectivity index (χ1n) is 10.1. The van der Waals surface area contributed by atoms with Crippen molar-refractivity contribution in [3.8, 4) is 34.5 Å². The number of ether oxygens (including phenoxy) is 4. The largest absolute Gasteiger partial charge is 0.497 e. The number of methoxy groups -OCH3 is 2. The number of hydrogen-bond donors (Lipinski definition) is 1. The highest BCUT2D eigenvalue weighted by Gasteiger charge is 2.12. The van der Waals surface area contributed by atoms with E-state index in [-0.39, 0.29) is 18.3 Å². The van der Waals surface area contributed by atoms with Crippen LogP contribution in [0, 0.1) is 0 Å². The monoisotopic (exact) mass is 448 g/mol. The Hall–Kier alpha value is -4.34. The summed E-state index contributed by atoms with van der Waals surface area (Å²) in [5.41, 5.74) is 8.78. The van der Waals surface area contributed by atoms with Crippen molar-refractivity contribution >= 4 is 5.82 Å². The fraction of sp³-hybridized carbons (Fsp3) is 0.217. The van der Waals surface area contributed by atoms with Crippen molar-refractivity contribution in [2.24, 2.45) is 7.05 Å². The standard InChI is InChI=1S/C23H24N6O4/c1-29-11-19(27-14-29)18-9-26-22(24)23(28-18)33-13-16-8-20(31-3)21(10-25-16)32-12-15-4-6-17(30-2)7-5-15/h4-11,14H,12-13H2,1-3H3,(H2,24,26). The Labute approximate surface area is 191 Å². The van der Waals surface area contributed by atoms with E-state index in [2.05, 4.69) is 19.9 Å². The van der Waals surface area contributed by atoms with Crippen molar-refractivity contribution in [3.63, 3.8) is 0 Å². The predicted molar refractivity (Wildman–Crippen MR) is 121 cm³/mol. The van der Waals surface area contributed by atoms with Crippen LogP contribution in [0.1, 0.15) is 11.3 Å². The zero-order valence-corrected chi connectivity index (χ0v) is 18.6. The number of nitrogens with zero attached hydrogens (tertiary/aromatic N) is 5. The Kier molecular flexibility index (Phi) is 6.53. The summed E-state index contributed by atoms with van der Waals surface area (Å²) < 4.78 is 24.1. The van der Waals surface area contributed by atoms with Crippen molar-refractivity contribution in [2.45, 2.75) is 13.2 Å². The number of benzene rings is 1. The van der Waals surface area contributed by atoms with Gasteiger partial charge in [0.05, 0.1) is 38.6 Å². The van der Waals surface area contributed by atoms with Gasteiger partial charge in [-0.05, 0) is 17.7 Å². The molecule has 170 valence electrons. The van der Waals surface area contributed by atoms with Gasteiger partial charge in [-0.25, -0.2) is 15.0 Å². The highest BCUT2D eigenvalue weighted by molar-refractivity contribution is 5.55. The molecule has 1 aromatic carbocycles. The topological polar surface area (TPSA) is 119 Å². The van der Waals surface area contributed by atoms with Gasteiger partial charge >= 0.3 is 0 Å². The molecule has 4 aromatic rings. The molecule has 0 atom stereocenters. The summed E-state index contributed by atoms with van der Waals surface area (Å²) >= 11 is 0. The van der Waals surface area contributed by atoms with E-state index in [1.807, 2.05) is 42.1 Å². The molecule has 0 saturated heterocycles. The number of anilines is 1. The summed E-state index contributed by atoms with van der Waals surface area (Å²) in [6, 6.07) is 9.38. The second-order valence-electron chi connectivity index (χ2n) is 7.12. The first-order chi connectivity index (χ1) is 16.1. The number of aryl methyl sites for hydroxylation is 1. The third-order valence-electron chi connectivity index (χ3n) is 4.75. The molecule has 10 heteroatoms. The quantitative estimate of drug-likeness (QED) is 0.412. The van der Waals surface area contributed by atoms with Crippen LogP contribution in [0.25, 0.3) is 11.4 Å². The van der Waals surface area contributed by atoms with Crippen molar-refractivity contribution in [1.29, 1.82) is 0 Å². The van der Waals surface area contributed by atoms with Crippen LogP contribution in [0.15, 0.2) is 55.2 Å². The molecule has 0 aliphatic rings. The fourth-order valence-electron chi connectivity index (χ4n) is 2.99. The molecule has 0 saturated carbocycles. The molecule has 0 aliphatic heterocycles. The predicted octanol–water partition coefficient (Wildman–Crippen LogP) is 3.03. The maximum Gasteiger partial charge on any atom is 0.258 e. The Morgan fingerprint density at radius 2 is 1.70 bits per heavy atom. The number of nitrogen functional groups attached to an aromatic ring is 1. The van der Waals surface area contributed by atoms with Gasteiger partial charge in [-0.15, -0.1) is 0 Å². The van der Waals surface area contributed by atoms with Crippen LogP contribution in [0.3, 0.4) is 0 Å². The van der Waals surface area contributed by atoms with Crippen LogP contribution in [-0.2, 0) is 20.3 Å². The molecule has 3 aromatic heterocycles. The molecule has 10 nitrogen and oxygen atoms in total. The fourth-order valence-corrected chi connectivity index (χ4v) is 2.99. The van der Waals surface area contributed by atoms with E-state index in [1.54, 1.807) is 39.0 Å². The number of pyridine rings is 1. The van der Waals surface area contributed by atoms with E-state index < -0.39 is 0 Å². The summed E-state index contributed by atoms with van der Waals surface area (Å²) in [5, 5.41) is 0. The third kappa shape index (κ3) is 5.29. The molecule has 4 rings (SSSR count). The van der Waals surface area contributed by atoms with Crippen LogP contribution in [0.4, 0.5) is 5.82 Å². The Morgan fingerprint density at radius 3 is 2.39 bits per heavy atom. The minimum absolute atomic E-state index is 0.125. The van der Waals surface area contributed by atoms with Crippen molar-refractivity contribution in [3.05, 3.63) is 66.5 Å². The van der Waals surface area contributed by atoms with E-state index in [0.29, 0.717) is 35.2 Å². The van der Waals surface area contributed by atoms with E-state index in [9.17, 15) is 0 Å². The van der Waals surface area contributed by atoms with Gasteiger partial charge in [0.1, 0.15) is 30.4 Å². The summed E-state index contributed by atoms with van der Waals surface area (Å²) in [4.78, 5) is 17.3. The number of rotatable bonds is 9. The van der Waals surface area contributed by atoms with Crippen LogP contribution in [-0.4, -0.2) is 38.7 Å². The Bertz CT molecular complexity index is 1230. The molecule has 0 amide bonds. The average molecular weight is 448 g/mol. The normalized spacial score (nSPS) is 10.6. The van der Waals surface area contributed by atoms with Crippen molar-refractivity contribution in [1.82, 2.24) is 24.5 Å². The molecule has 33 heavy (non-hydrogen) atoms. The smallest absolute Gasteiger partial charge is 0.258 e. The van der Waals surface area contributed by atoms with E-state index in [4.69, 9.17) is 24.7 Å². The SMILES string of the molecule is COc1ccc(COc2cnc(COc3nc(-c4cn(C)cn4)cnc3N)cc2OC)cc1. The lowest BCUT2D eigenvalue weighted by molar-refractivity contribution is 0.275. The molecular formula is C23H24N6O4. The Balaban J connectivity index is 1.42. The number of aromatic nitrogens is 5. The lowest BCUT2D eigenvalue weighted by Crippen LogP contribution is -2.06. The average Bonchev–Trinajstić information content (AvgIpc) is 3.29. The Morgan fingerprint density at radius 1 is 0.879 bits per heavy atom. The van der Waals surface area contributed by atoms with Crippen LogP contribution in [0.5, 0.6) is 23.1 Å². The lowest BCUT2D eigenvalue weighted by atomic mass is 10.2. The van der Waals surface area contributed by atoms with Crippen molar-refractivity contribution < 1.29 is 18.9 Å². The number of nitrogens with two attached hydrogens (primary N) is 1. The second kappa shape index (κ2) is 9.86. The first-order valence-corrected chi connectivity index (χ1v) is 10.1. The maximum atomic E-state index is 5.93. The molecule has 0 spiro atoms. The zero-order chi connectivity index (χ0) is 23.2. The summed E-state index contributed by atoms with van der Waals surface area (Å²) in [5.74, 6) is 2.24. The van der Waals surface area contributed by atoms with Gasteiger partial charge in [-0.2, -0.15) is 0 Å². The molecule has 0 aliphatic carbocycles. The molecule has 2 N–H and O–H groups in total. The highest BCUT2D eigenvalue weighted by Crippen LogP contribution is 2.28. The molecule has 0 unspecified atom stereocenters. The minimum atomic E-state index is 0.125. The van der Waals surface area contributed by atoms with Crippen LogP contribution < -0.4 is 24.7 Å². The summed E-state index contributed by atoms with van der Waals surface area (Å²) in [6.45, 7) is 0.490. The number of hydrogen-bond acceptors (Lipinski definition) is 9. The third-order valence-corrected chi connectivity index (χ3v) is 4.75. The van der Waals surface area contributed by atoms with Gasteiger partial charge < -0.3 is 29.2 Å². The first kappa shape index (κ1) is 21.9. The van der Waals surface area contributed by atoms with Gasteiger partial charge in [0.25, 0.3) is 5.88 Å². The van der Waals surface area contributed by atoms with E-state index in [1.165, 1.54) is 0 Å². The van der Waals surface area contributed by atoms with Gasteiger partial charge in [-0.3, -0.25) is 4.98 Å². The number of imidazole rings is 1. The molecular weight excluding hydrogens is 424 g/mol. The van der Waals surface area contributed by atoms with Gasteiger partial charge in [0.15, 0.2) is 17.3 Å². The van der Waals surface area contributed by atoms with Crippen LogP contribution in [0.2, 0.25) is 0 Å². The summed E-state index contributed by atoms with van der Waals surface area (Å²) in [7, 11) is 5.08. The summed E-state index contributed by atoms with van der Waals surface area (Å²) in [6.07, 6.45) is 6.67. The zero-order valence-electron chi connectivity index (χ0n) is 18.6. The highest BCUT2D eigenvalue weighted by atomic mass is 16.5. The van der Waals surface area contributed by atoms with E-state index in [0.717, 1.165) is 11.3 Å². The van der Waals surface area contributed by atoms with Gasteiger partial charge in [0.2, 0.25) is 0 Å². The van der Waals surface area contributed by atoms with Crippen LogP contribution >= 0.6 is 0 Å². The lowest BCUT2D eigenvalue weighted by Gasteiger charge is -2.13. The minimum Gasteiger partial charge on any atom is -0.497 e. The second-order valence-corrected chi connectivity index (χ2v) is 7.12. The molecule has 3 heterocycles. The molecule has 0 bridgehead atoms. The molecule has 0 fully saturated rings. The van der Waals surface area contributed by atoms with E-state index >= 15 is 0 Å². The van der Waals surface area contributed by atoms with Gasteiger partial charge in [-0.1, -0.05) is 12.1 Å². The molecule has 0 radical (unpaired) electrons. The maximum absolute atomic E-state index is 5.93. The van der Waals surface area contributed by atoms with Gasteiger partial charge in [0, 0.05) is 19.3 Å².